The highest BCUT2D eigenvalue weighted by Crippen LogP contribution is 2.33. The Hall–Kier alpha value is -2.66. The first-order chi connectivity index (χ1) is 14.5. The van der Waals surface area contributed by atoms with Crippen LogP contribution in [0.5, 0.6) is 0 Å². The van der Waals surface area contributed by atoms with Crippen molar-refractivity contribution in [2.45, 2.75) is 46.1 Å². The van der Waals surface area contributed by atoms with Crippen molar-refractivity contribution in [3.05, 3.63) is 104 Å². The van der Waals surface area contributed by atoms with E-state index in [-0.39, 0.29) is 18.9 Å². The number of nitrogens with zero attached hydrogens (tertiary/aromatic N) is 2. The standard InChI is InChI=1S/C25H25BrN2O2.CH4/c1-17-4-2-3-5-22(17)23(19-8-11-21(26)12-9-19)14-24(27-30)20-10-13-25(29)28(16-20)15-18-6-7-18;/h2-5,8-13,16,18,23,30H,6-7,14-15H2,1H3;1H4/b27-24+;. The Labute approximate surface area is 192 Å². The van der Waals surface area contributed by atoms with E-state index >= 15 is 0 Å². The molecule has 1 fully saturated rings. The SMILES string of the molecule is C.Cc1ccccc1C(C/C(=N\O)c1ccc(=O)n(CC2CC2)c1)c1ccc(Br)cc1. The predicted molar refractivity (Wildman–Crippen MR) is 130 cm³/mol. The third-order valence-corrected chi connectivity index (χ3v) is 6.35. The van der Waals surface area contributed by atoms with Gasteiger partial charge in [0, 0.05) is 41.2 Å². The van der Waals surface area contributed by atoms with Crippen LogP contribution in [-0.4, -0.2) is 15.5 Å². The second kappa shape index (κ2) is 10.1. The highest BCUT2D eigenvalue weighted by molar-refractivity contribution is 9.10. The van der Waals surface area contributed by atoms with Crippen LogP contribution in [0.4, 0.5) is 0 Å². The lowest BCUT2D eigenvalue weighted by molar-refractivity contribution is 0.317. The van der Waals surface area contributed by atoms with Gasteiger partial charge in [-0.25, -0.2) is 0 Å². The maximum absolute atomic E-state index is 12.2. The number of aryl methyl sites for hydroxylation is 1. The van der Waals surface area contributed by atoms with Crippen LogP contribution in [0.3, 0.4) is 0 Å². The normalized spacial score (nSPS) is 14.7. The number of halogens is 1. The molecule has 1 aromatic heterocycles. The molecule has 1 aliphatic rings. The van der Waals surface area contributed by atoms with Gasteiger partial charge in [-0.1, -0.05) is 64.9 Å². The van der Waals surface area contributed by atoms with E-state index in [0.717, 1.165) is 22.1 Å². The minimum Gasteiger partial charge on any atom is -0.411 e. The Kier molecular flexibility index (Phi) is 7.50. The Balaban J connectivity index is 0.00000272. The molecule has 31 heavy (non-hydrogen) atoms. The Morgan fingerprint density at radius 1 is 1.13 bits per heavy atom. The molecule has 0 spiro atoms. The molecule has 3 aromatic rings. The van der Waals surface area contributed by atoms with E-state index in [0.29, 0.717) is 18.1 Å². The molecule has 1 atom stereocenters. The molecule has 4 rings (SSSR count). The van der Waals surface area contributed by atoms with Gasteiger partial charge in [-0.15, -0.1) is 0 Å². The van der Waals surface area contributed by atoms with Crippen LogP contribution in [0.25, 0.3) is 0 Å². The van der Waals surface area contributed by atoms with Crippen LogP contribution in [0.15, 0.2) is 81.3 Å². The lowest BCUT2D eigenvalue weighted by Gasteiger charge is -2.21. The zero-order valence-electron chi connectivity index (χ0n) is 17.0. The number of benzene rings is 2. The van der Waals surface area contributed by atoms with Gasteiger partial charge in [0.2, 0.25) is 0 Å². The van der Waals surface area contributed by atoms with Crippen molar-refractivity contribution in [3.8, 4) is 0 Å². The zero-order chi connectivity index (χ0) is 21.1. The van der Waals surface area contributed by atoms with E-state index in [1.807, 2.05) is 30.5 Å². The van der Waals surface area contributed by atoms with Crippen molar-refractivity contribution in [3.63, 3.8) is 0 Å². The molecule has 1 unspecified atom stereocenters. The fourth-order valence-corrected chi connectivity index (χ4v) is 4.18. The summed E-state index contributed by atoms with van der Waals surface area (Å²) in [5.74, 6) is 0.629. The maximum Gasteiger partial charge on any atom is 0.250 e. The molecule has 0 aliphatic heterocycles. The van der Waals surface area contributed by atoms with Crippen molar-refractivity contribution in [1.82, 2.24) is 4.57 Å². The first-order valence-corrected chi connectivity index (χ1v) is 11.1. The van der Waals surface area contributed by atoms with E-state index < -0.39 is 0 Å². The van der Waals surface area contributed by atoms with Crippen LogP contribution in [0, 0.1) is 12.8 Å². The summed E-state index contributed by atoms with van der Waals surface area (Å²) in [4.78, 5) is 12.2. The summed E-state index contributed by atoms with van der Waals surface area (Å²) in [6.45, 7) is 2.84. The minimum atomic E-state index is -0.00805. The van der Waals surface area contributed by atoms with E-state index in [4.69, 9.17) is 0 Å². The van der Waals surface area contributed by atoms with Crippen LogP contribution < -0.4 is 5.56 Å². The molecule has 0 radical (unpaired) electrons. The van der Waals surface area contributed by atoms with Gasteiger partial charge in [0.15, 0.2) is 0 Å². The second-order valence-corrected chi connectivity index (χ2v) is 8.98. The van der Waals surface area contributed by atoms with Crippen molar-refractivity contribution in [2.24, 2.45) is 11.1 Å². The summed E-state index contributed by atoms with van der Waals surface area (Å²) >= 11 is 3.51. The molecule has 0 saturated heterocycles. The maximum atomic E-state index is 12.2. The number of aromatic nitrogens is 1. The molecule has 0 amide bonds. The molecule has 1 saturated carbocycles. The fourth-order valence-electron chi connectivity index (χ4n) is 3.91. The quantitative estimate of drug-likeness (QED) is 0.242. The lowest BCUT2D eigenvalue weighted by Crippen LogP contribution is -2.22. The number of hydrogen-bond acceptors (Lipinski definition) is 3. The van der Waals surface area contributed by atoms with Crippen molar-refractivity contribution in [2.75, 3.05) is 0 Å². The van der Waals surface area contributed by atoms with Crippen LogP contribution >= 0.6 is 15.9 Å². The van der Waals surface area contributed by atoms with Gasteiger partial charge in [-0.3, -0.25) is 4.79 Å². The molecule has 2 aromatic carbocycles. The summed E-state index contributed by atoms with van der Waals surface area (Å²) in [6, 6.07) is 19.9. The molecule has 1 aliphatic carbocycles. The number of oxime groups is 1. The molecule has 0 bridgehead atoms. The smallest absolute Gasteiger partial charge is 0.250 e. The van der Waals surface area contributed by atoms with Crippen LogP contribution in [-0.2, 0) is 6.54 Å². The highest BCUT2D eigenvalue weighted by atomic mass is 79.9. The Bertz CT molecular complexity index is 1110. The third-order valence-electron chi connectivity index (χ3n) is 5.82. The zero-order valence-corrected chi connectivity index (χ0v) is 18.5. The average molecular weight is 481 g/mol. The minimum absolute atomic E-state index is 0. The van der Waals surface area contributed by atoms with Gasteiger partial charge in [0.1, 0.15) is 0 Å². The molecule has 4 nitrogen and oxygen atoms in total. The van der Waals surface area contributed by atoms with Crippen molar-refractivity contribution in [1.29, 1.82) is 0 Å². The predicted octanol–water partition coefficient (Wildman–Crippen LogP) is 6.37. The highest BCUT2D eigenvalue weighted by Gasteiger charge is 2.23. The fraction of sp³-hybridized carbons (Fsp3) is 0.308. The van der Waals surface area contributed by atoms with Gasteiger partial charge in [-0.2, -0.15) is 0 Å². The lowest BCUT2D eigenvalue weighted by atomic mass is 9.83. The monoisotopic (exact) mass is 480 g/mol. The Morgan fingerprint density at radius 3 is 2.48 bits per heavy atom. The van der Waals surface area contributed by atoms with Gasteiger partial charge in [0.05, 0.1) is 5.71 Å². The summed E-state index contributed by atoms with van der Waals surface area (Å²) in [5.41, 5.74) is 4.91. The van der Waals surface area contributed by atoms with Crippen molar-refractivity contribution < 1.29 is 5.21 Å². The first-order valence-electron chi connectivity index (χ1n) is 10.3. The van der Waals surface area contributed by atoms with E-state index in [1.54, 1.807) is 16.7 Å². The molecule has 5 heteroatoms. The van der Waals surface area contributed by atoms with Gasteiger partial charge in [0.25, 0.3) is 5.56 Å². The second-order valence-electron chi connectivity index (χ2n) is 8.06. The molecule has 162 valence electrons. The van der Waals surface area contributed by atoms with E-state index in [1.165, 1.54) is 24.0 Å². The Morgan fingerprint density at radius 2 is 1.84 bits per heavy atom. The molecular weight excluding hydrogens is 452 g/mol. The van der Waals surface area contributed by atoms with Crippen LogP contribution in [0.1, 0.15) is 54.9 Å². The van der Waals surface area contributed by atoms with Crippen LogP contribution in [0.2, 0.25) is 0 Å². The average Bonchev–Trinajstić information content (AvgIpc) is 3.57. The summed E-state index contributed by atoms with van der Waals surface area (Å²) < 4.78 is 2.78. The van der Waals surface area contributed by atoms with Gasteiger partial charge < -0.3 is 9.77 Å². The van der Waals surface area contributed by atoms with E-state index in [9.17, 15) is 10.0 Å². The van der Waals surface area contributed by atoms with E-state index in [2.05, 4.69) is 52.3 Å². The molecule has 1 heterocycles. The number of pyridine rings is 1. The van der Waals surface area contributed by atoms with Crippen molar-refractivity contribution >= 4 is 21.6 Å². The topological polar surface area (TPSA) is 54.6 Å². The van der Waals surface area contributed by atoms with Gasteiger partial charge >= 0.3 is 0 Å². The third kappa shape index (κ3) is 5.53. The summed E-state index contributed by atoms with van der Waals surface area (Å²) in [5, 5.41) is 13.5. The number of rotatable bonds is 7. The molecular formula is C26H29BrN2O2. The largest absolute Gasteiger partial charge is 0.411 e. The molecule has 1 N–H and O–H groups in total. The van der Waals surface area contributed by atoms with Gasteiger partial charge in [-0.05, 0) is 60.6 Å². The number of hydrogen-bond donors (Lipinski definition) is 1. The summed E-state index contributed by atoms with van der Waals surface area (Å²) in [6.07, 6.45) is 4.73. The first kappa shape index (κ1) is 23.0. The summed E-state index contributed by atoms with van der Waals surface area (Å²) in [7, 11) is 0.